The maximum absolute atomic E-state index is 13.8. The number of aliphatic carboxylic acids is 1. The standard InChI is InChI=1S/C27H29ClF3N3O4/c1-38-17-2-3-21-18(14-17)24(19(28)15-33-21)23(35)4-5-27(26(36)37)6-9-34(10-7-27)11-8-32-22-13-16(29)12-20(30)25(22)31/h2-3,12-15,23,32,35H,4-11H2,1H3,(H,36,37)/t23-/m1/s1. The molecule has 1 saturated heterocycles. The number of aromatic nitrogens is 1. The van der Waals surface area contributed by atoms with Gasteiger partial charge in [0.2, 0.25) is 0 Å². The number of fused-ring (bicyclic) bond motifs is 1. The number of piperidine rings is 1. The van der Waals surface area contributed by atoms with E-state index in [2.05, 4.69) is 10.3 Å². The number of carboxylic acids is 1. The third-order valence-electron chi connectivity index (χ3n) is 7.30. The average Bonchev–Trinajstić information content (AvgIpc) is 2.90. The minimum Gasteiger partial charge on any atom is -0.497 e. The summed E-state index contributed by atoms with van der Waals surface area (Å²) < 4.78 is 45.9. The zero-order chi connectivity index (χ0) is 27.4. The fourth-order valence-electron chi connectivity index (χ4n) is 5.00. The second-order valence-corrected chi connectivity index (χ2v) is 9.97. The molecule has 2 aromatic carbocycles. The highest BCUT2D eigenvalue weighted by molar-refractivity contribution is 6.32. The van der Waals surface area contributed by atoms with Gasteiger partial charge in [-0.2, -0.15) is 0 Å². The van der Waals surface area contributed by atoms with Crippen LogP contribution in [0.3, 0.4) is 0 Å². The van der Waals surface area contributed by atoms with Crippen LogP contribution in [0.5, 0.6) is 5.75 Å². The van der Waals surface area contributed by atoms with Gasteiger partial charge in [-0.3, -0.25) is 9.78 Å². The molecule has 1 aromatic heterocycles. The Morgan fingerprint density at radius 1 is 1.24 bits per heavy atom. The summed E-state index contributed by atoms with van der Waals surface area (Å²) in [5.74, 6) is -3.62. The van der Waals surface area contributed by atoms with Crippen molar-refractivity contribution in [1.29, 1.82) is 0 Å². The Morgan fingerprint density at radius 2 is 1.97 bits per heavy atom. The van der Waals surface area contributed by atoms with E-state index in [4.69, 9.17) is 16.3 Å². The SMILES string of the molecule is COc1ccc2ncc(Cl)c([C@H](O)CCC3(C(=O)O)CCN(CCNc4cc(F)cc(F)c4F)CC3)c2c1. The van der Waals surface area contributed by atoms with Crippen molar-refractivity contribution in [3.63, 3.8) is 0 Å². The lowest BCUT2D eigenvalue weighted by atomic mass is 9.74. The Morgan fingerprint density at radius 3 is 2.66 bits per heavy atom. The maximum Gasteiger partial charge on any atom is 0.309 e. The molecule has 0 spiro atoms. The first-order chi connectivity index (χ1) is 18.1. The molecule has 3 aromatic rings. The normalized spacial score (nSPS) is 16.4. The number of aliphatic hydroxyl groups is 1. The molecule has 0 saturated carbocycles. The van der Waals surface area contributed by atoms with E-state index in [0.717, 1.165) is 6.07 Å². The topological polar surface area (TPSA) is 94.9 Å². The van der Waals surface area contributed by atoms with E-state index >= 15 is 0 Å². The van der Waals surface area contributed by atoms with E-state index in [1.165, 1.54) is 13.3 Å². The average molecular weight is 552 g/mol. The van der Waals surface area contributed by atoms with Crippen LogP contribution in [0.1, 0.15) is 37.4 Å². The van der Waals surface area contributed by atoms with Crippen LogP contribution in [0.25, 0.3) is 10.9 Å². The first-order valence-electron chi connectivity index (χ1n) is 12.3. The molecule has 1 aliphatic heterocycles. The molecule has 0 radical (unpaired) electrons. The van der Waals surface area contributed by atoms with Gasteiger partial charge in [0.25, 0.3) is 0 Å². The number of carbonyl (C=O) groups is 1. The minimum atomic E-state index is -1.26. The zero-order valence-electron chi connectivity index (χ0n) is 20.8. The molecule has 204 valence electrons. The highest BCUT2D eigenvalue weighted by Crippen LogP contribution is 2.41. The molecule has 4 rings (SSSR count). The molecule has 0 unspecified atom stereocenters. The van der Waals surface area contributed by atoms with Crippen molar-refractivity contribution < 1.29 is 32.9 Å². The van der Waals surface area contributed by atoms with Crippen LogP contribution in [-0.4, -0.2) is 59.4 Å². The number of rotatable bonds is 10. The maximum atomic E-state index is 13.8. The van der Waals surface area contributed by atoms with E-state index in [1.54, 1.807) is 18.2 Å². The summed E-state index contributed by atoms with van der Waals surface area (Å²) in [7, 11) is 1.54. The van der Waals surface area contributed by atoms with Gasteiger partial charge in [-0.05, 0) is 57.0 Å². The fourth-order valence-corrected chi connectivity index (χ4v) is 5.28. The first kappa shape index (κ1) is 27.9. The number of aliphatic hydroxyl groups excluding tert-OH is 1. The van der Waals surface area contributed by atoms with Crippen LogP contribution in [-0.2, 0) is 4.79 Å². The third kappa shape index (κ3) is 5.98. The number of methoxy groups -OCH3 is 1. The molecule has 1 aliphatic rings. The molecule has 11 heteroatoms. The molecule has 0 amide bonds. The molecular weight excluding hydrogens is 523 g/mol. The third-order valence-corrected chi connectivity index (χ3v) is 7.60. The largest absolute Gasteiger partial charge is 0.497 e. The van der Waals surface area contributed by atoms with Gasteiger partial charge in [0.1, 0.15) is 11.6 Å². The Labute approximate surface area is 223 Å². The van der Waals surface area contributed by atoms with E-state index in [9.17, 15) is 28.2 Å². The van der Waals surface area contributed by atoms with Crippen LogP contribution < -0.4 is 10.1 Å². The van der Waals surface area contributed by atoms with Crippen molar-refractivity contribution in [2.45, 2.75) is 31.8 Å². The Hall–Kier alpha value is -3.08. The van der Waals surface area contributed by atoms with Gasteiger partial charge < -0.3 is 25.2 Å². The van der Waals surface area contributed by atoms with Crippen LogP contribution in [0.15, 0.2) is 36.5 Å². The predicted octanol–water partition coefficient (Wildman–Crippen LogP) is 5.41. The molecule has 0 aliphatic carbocycles. The predicted molar refractivity (Wildman–Crippen MR) is 138 cm³/mol. The zero-order valence-corrected chi connectivity index (χ0v) is 21.6. The quantitative estimate of drug-likeness (QED) is 0.290. The highest BCUT2D eigenvalue weighted by atomic mass is 35.5. The molecular formula is C27H29ClF3N3O4. The van der Waals surface area contributed by atoms with Crippen molar-refractivity contribution >= 4 is 34.2 Å². The Balaban J connectivity index is 1.37. The van der Waals surface area contributed by atoms with E-state index in [0.29, 0.717) is 65.8 Å². The van der Waals surface area contributed by atoms with Gasteiger partial charge >= 0.3 is 5.97 Å². The van der Waals surface area contributed by atoms with Gasteiger partial charge in [-0.25, -0.2) is 13.2 Å². The number of hydrogen-bond donors (Lipinski definition) is 3. The lowest BCUT2D eigenvalue weighted by Crippen LogP contribution is -2.45. The van der Waals surface area contributed by atoms with E-state index < -0.39 is 34.9 Å². The highest BCUT2D eigenvalue weighted by Gasteiger charge is 2.41. The Bertz CT molecular complexity index is 1320. The summed E-state index contributed by atoms with van der Waals surface area (Å²) in [4.78, 5) is 18.6. The number of hydrogen-bond acceptors (Lipinski definition) is 6. The monoisotopic (exact) mass is 551 g/mol. The van der Waals surface area contributed by atoms with E-state index in [1.807, 2.05) is 4.90 Å². The van der Waals surface area contributed by atoms with Crippen LogP contribution in [0, 0.1) is 22.9 Å². The number of nitrogens with zero attached hydrogens (tertiary/aromatic N) is 2. The summed E-state index contributed by atoms with van der Waals surface area (Å²) in [6, 6.07) is 6.65. The van der Waals surface area contributed by atoms with Gasteiger partial charge in [-0.15, -0.1) is 0 Å². The molecule has 7 nitrogen and oxygen atoms in total. The summed E-state index contributed by atoms with van der Waals surface area (Å²) >= 11 is 6.39. The summed E-state index contributed by atoms with van der Waals surface area (Å²) in [5.41, 5.74) is -0.149. The number of anilines is 1. The van der Waals surface area contributed by atoms with Gasteiger partial charge in [0, 0.05) is 42.4 Å². The number of halogens is 4. The van der Waals surface area contributed by atoms with Crippen molar-refractivity contribution in [3.8, 4) is 5.75 Å². The number of nitrogens with one attached hydrogen (secondary N) is 1. The van der Waals surface area contributed by atoms with Crippen LogP contribution in [0.4, 0.5) is 18.9 Å². The van der Waals surface area contributed by atoms with Gasteiger partial charge in [0.05, 0.1) is 34.9 Å². The Kier molecular flexibility index (Phi) is 8.64. The second-order valence-electron chi connectivity index (χ2n) is 9.56. The first-order valence-corrected chi connectivity index (χ1v) is 12.7. The number of pyridine rings is 1. The lowest BCUT2D eigenvalue weighted by Gasteiger charge is -2.39. The summed E-state index contributed by atoms with van der Waals surface area (Å²) in [5, 5.41) is 24.8. The molecule has 38 heavy (non-hydrogen) atoms. The van der Waals surface area contributed by atoms with Crippen molar-refractivity contribution in [3.05, 3.63) is 64.6 Å². The van der Waals surface area contributed by atoms with E-state index in [-0.39, 0.29) is 25.1 Å². The molecule has 0 bridgehead atoms. The van der Waals surface area contributed by atoms with Gasteiger partial charge in [0.15, 0.2) is 11.6 Å². The molecule has 2 heterocycles. The van der Waals surface area contributed by atoms with Gasteiger partial charge in [-0.1, -0.05) is 11.6 Å². The number of ether oxygens (including phenoxy) is 1. The summed E-state index contributed by atoms with van der Waals surface area (Å²) in [6.45, 7) is 1.62. The molecule has 3 N–H and O–H groups in total. The lowest BCUT2D eigenvalue weighted by molar-refractivity contribution is -0.153. The second kappa shape index (κ2) is 11.8. The van der Waals surface area contributed by atoms with Crippen molar-refractivity contribution in [2.24, 2.45) is 5.41 Å². The number of carboxylic acid groups (broad SMARTS) is 1. The van der Waals surface area contributed by atoms with Crippen LogP contribution >= 0.6 is 11.6 Å². The smallest absolute Gasteiger partial charge is 0.309 e. The van der Waals surface area contributed by atoms with Crippen molar-refractivity contribution in [2.75, 3.05) is 38.6 Å². The summed E-state index contributed by atoms with van der Waals surface area (Å²) in [6.07, 6.45) is 1.62. The fraction of sp³-hybridized carbons (Fsp3) is 0.407. The number of benzene rings is 2. The van der Waals surface area contributed by atoms with Crippen LogP contribution in [0.2, 0.25) is 5.02 Å². The number of likely N-dealkylation sites (tertiary alicyclic amines) is 1. The molecule has 1 fully saturated rings. The molecule has 1 atom stereocenters. The van der Waals surface area contributed by atoms with Crippen molar-refractivity contribution in [1.82, 2.24) is 9.88 Å². The minimum absolute atomic E-state index is 0.189.